The van der Waals surface area contributed by atoms with E-state index in [1.807, 2.05) is 26.8 Å². The molecule has 4 heteroatoms. The van der Waals surface area contributed by atoms with Crippen molar-refractivity contribution in [3.8, 4) is 0 Å². The fourth-order valence-electron chi connectivity index (χ4n) is 1.12. The second-order valence-corrected chi connectivity index (χ2v) is 6.49. The van der Waals surface area contributed by atoms with Crippen LogP contribution in [0.5, 0.6) is 0 Å². The van der Waals surface area contributed by atoms with Crippen LogP contribution >= 0.6 is 0 Å². The molecule has 0 saturated carbocycles. The van der Waals surface area contributed by atoms with Crippen molar-refractivity contribution in [3.63, 3.8) is 0 Å². The van der Waals surface area contributed by atoms with Crippen LogP contribution in [0.25, 0.3) is 0 Å². The van der Waals surface area contributed by atoms with Gasteiger partial charge in [0.05, 0.1) is 12.8 Å². The van der Waals surface area contributed by atoms with Gasteiger partial charge < -0.3 is 9.29 Å². The SMILES string of the molecule is CC(C)(C)[S+]([O-])NCC1CCC=CO1. The molecule has 2 atom stereocenters. The van der Waals surface area contributed by atoms with E-state index in [9.17, 15) is 4.55 Å². The molecule has 0 aromatic heterocycles. The normalized spacial score (nSPS) is 24.4. The van der Waals surface area contributed by atoms with Crippen LogP contribution in [0.1, 0.15) is 33.6 Å². The summed E-state index contributed by atoms with van der Waals surface area (Å²) in [4.78, 5) is 0. The molecular formula is C10H19NO2S. The Kier molecular flexibility index (Phi) is 4.29. The van der Waals surface area contributed by atoms with E-state index >= 15 is 0 Å². The summed E-state index contributed by atoms with van der Waals surface area (Å²) in [6.45, 7) is 6.53. The standard InChI is InChI=1S/C10H19NO2S/c1-10(2,3)14(12)11-8-9-6-4-5-7-13-9/h5,7,9,11H,4,6,8H2,1-3H3. The molecule has 1 heterocycles. The summed E-state index contributed by atoms with van der Waals surface area (Å²) < 4.78 is 19.8. The van der Waals surface area contributed by atoms with Crippen molar-refractivity contribution >= 4 is 11.4 Å². The first-order valence-electron chi connectivity index (χ1n) is 4.96. The minimum absolute atomic E-state index is 0.172. The van der Waals surface area contributed by atoms with Gasteiger partial charge in [0, 0.05) is 11.4 Å². The van der Waals surface area contributed by atoms with Gasteiger partial charge >= 0.3 is 0 Å². The average Bonchev–Trinajstić information content (AvgIpc) is 2.14. The third-order valence-electron chi connectivity index (χ3n) is 2.02. The summed E-state index contributed by atoms with van der Waals surface area (Å²) in [5, 5.41) is 0. The number of rotatable bonds is 3. The molecule has 0 fully saturated rings. The second-order valence-electron chi connectivity index (χ2n) is 4.44. The van der Waals surface area contributed by atoms with Crippen molar-refractivity contribution in [2.24, 2.45) is 0 Å². The second kappa shape index (κ2) is 5.05. The van der Waals surface area contributed by atoms with Crippen LogP contribution in [0.15, 0.2) is 12.3 Å². The minimum atomic E-state index is -0.993. The molecule has 1 aliphatic heterocycles. The summed E-state index contributed by atoms with van der Waals surface area (Å²) in [5.74, 6) is 0. The van der Waals surface area contributed by atoms with E-state index in [0.29, 0.717) is 6.54 Å². The molecule has 0 saturated heterocycles. The number of hydrogen-bond acceptors (Lipinski definition) is 3. The maximum atomic E-state index is 11.6. The fourth-order valence-corrected chi connectivity index (χ4v) is 1.89. The average molecular weight is 217 g/mol. The van der Waals surface area contributed by atoms with Crippen molar-refractivity contribution < 1.29 is 9.29 Å². The van der Waals surface area contributed by atoms with Crippen molar-refractivity contribution in [1.29, 1.82) is 0 Å². The van der Waals surface area contributed by atoms with Crippen LogP contribution in [0.2, 0.25) is 0 Å². The van der Waals surface area contributed by atoms with E-state index in [-0.39, 0.29) is 10.9 Å². The predicted octanol–water partition coefficient (Wildman–Crippen LogP) is 1.73. The Labute approximate surface area is 89.2 Å². The van der Waals surface area contributed by atoms with E-state index in [1.54, 1.807) is 6.26 Å². The molecule has 1 aliphatic rings. The van der Waals surface area contributed by atoms with Crippen molar-refractivity contribution in [1.82, 2.24) is 4.72 Å². The lowest BCUT2D eigenvalue weighted by Gasteiger charge is -2.26. The Morgan fingerprint density at radius 2 is 2.29 bits per heavy atom. The molecule has 0 aliphatic carbocycles. The summed E-state index contributed by atoms with van der Waals surface area (Å²) in [6, 6.07) is 0. The molecule has 82 valence electrons. The largest absolute Gasteiger partial charge is 0.598 e. The fraction of sp³-hybridized carbons (Fsp3) is 0.800. The van der Waals surface area contributed by atoms with Gasteiger partial charge in [-0.3, -0.25) is 0 Å². The first-order chi connectivity index (χ1) is 6.50. The molecule has 2 unspecified atom stereocenters. The Morgan fingerprint density at radius 3 is 2.79 bits per heavy atom. The van der Waals surface area contributed by atoms with E-state index in [0.717, 1.165) is 12.8 Å². The first-order valence-corrected chi connectivity index (χ1v) is 6.11. The van der Waals surface area contributed by atoms with Crippen LogP contribution in [0.3, 0.4) is 0 Å². The number of nitrogens with one attached hydrogen (secondary N) is 1. The number of hydrogen-bond donors (Lipinski definition) is 1. The van der Waals surface area contributed by atoms with Crippen molar-refractivity contribution in [3.05, 3.63) is 12.3 Å². The van der Waals surface area contributed by atoms with Gasteiger partial charge in [0.15, 0.2) is 0 Å². The maximum Gasteiger partial charge on any atom is 0.136 e. The third-order valence-corrected chi connectivity index (χ3v) is 3.56. The highest BCUT2D eigenvalue weighted by Crippen LogP contribution is 2.14. The van der Waals surface area contributed by atoms with Gasteiger partial charge in [0.1, 0.15) is 10.9 Å². The maximum absolute atomic E-state index is 11.6. The summed E-state index contributed by atoms with van der Waals surface area (Å²) >= 11 is -0.993. The quantitative estimate of drug-likeness (QED) is 0.732. The third kappa shape index (κ3) is 3.90. The molecular weight excluding hydrogens is 198 g/mol. The molecule has 1 rings (SSSR count). The smallest absolute Gasteiger partial charge is 0.136 e. The van der Waals surface area contributed by atoms with Gasteiger partial charge in [0.25, 0.3) is 0 Å². The monoisotopic (exact) mass is 217 g/mol. The highest BCUT2D eigenvalue weighted by atomic mass is 32.2. The zero-order chi connectivity index (χ0) is 10.6. The van der Waals surface area contributed by atoms with Gasteiger partial charge in [-0.2, -0.15) is 0 Å². The summed E-state index contributed by atoms with van der Waals surface area (Å²) in [5.41, 5.74) is 0. The molecule has 1 N–H and O–H groups in total. The lowest BCUT2D eigenvalue weighted by molar-refractivity contribution is 0.127. The van der Waals surface area contributed by atoms with Crippen LogP contribution in [-0.2, 0) is 16.1 Å². The minimum Gasteiger partial charge on any atom is -0.598 e. The van der Waals surface area contributed by atoms with Crippen LogP contribution in [0.4, 0.5) is 0 Å². The molecule has 3 nitrogen and oxygen atoms in total. The van der Waals surface area contributed by atoms with Gasteiger partial charge in [-0.15, -0.1) is 4.72 Å². The first kappa shape index (κ1) is 11.9. The van der Waals surface area contributed by atoms with Crippen LogP contribution < -0.4 is 4.72 Å². The molecule has 0 spiro atoms. The Bertz CT molecular complexity index is 201. The lowest BCUT2D eigenvalue weighted by atomic mass is 10.2. The Balaban J connectivity index is 2.23. The van der Waals surface area contributed by atoms with Crippen LogP contribution in [0, 0.1) is 0 Å². The van der Waals surface area contributed by atoms with E-state index in [1.165, 1.54) is 0 Å². The van der Waals surface area contributed by atoms with E-state index in [4.69, 9.17) is 4.74 Å². The molecule has 0 radical (unpaired) electrons. The van der Waals surface area contributed by atoms with Gasteiger partial charge in [-0.1, -0.05) is 0 Å². The lowest BCUT2D eigenvalue weighted by Crippen LogP contribution is -2.43. The van der Waals surface area contributed by atoms with Gasteiger partial charge in [-0.25, -0.2) is 0 Å². The number of ether oxygens (including phenoxy) is 1. The molecule has 0 aromatic rings. The highest BCUT2D eigenvalue weighted by molar-refractivity contribution is 7.90. The highest BCUT2D eigenvalue weighted by Gasteiger charge is 2.27. The molecule has 0 amide bonds. The zero-order valence-electron chi connectivity index (χ0n) is 9.08. The van der Waals surface area contributed by atoms with Crippen LogP contribution in [-0.4, -0.2) is 21.9 Å². The van der Waals surface area contributed by atoms with Gasteiger partial charge in [-0.05, 0) is 39.7 Å². The van der Waals surface area contributed by atoms with Gasteiger partial charge in [0.2, 0.25) is 0 Å². The topological polar surface area (TPSA) is 44.3 Å². The Hall–Kier alpha value is -0.190. The number of allylic oxidation sites excluding steroid dienone is 1. The van der Waals surface area contributed by atoms with Crippen molar-refractivity contribution in [2.75, 3.05) is 6.54 Å². The Morgan fingerprint density at radius 1 is 1.57 bits per heavy atom. The summed E-state index contributed by atoms with van der Waals surface area (Å²) in [7, 11) is 0. The molecule has 0 bridgehead atoms. The predicted molar refractivity (Wildman–Crippen MR) is 59.1 cm³/mol. The van der Waals surface area contributed by atoms with E-state index in [2.05, 4.69) is 4.72 Å². The van der Waals surface area contributed by atoms with Crippen molar-refractivity contribution in [2.45, 2.75) is 44.5 Å². The zero-order valence-corrected chi connectivity index (χ0v) is 9.89. The summed E-state index contributed by atoms with van der Waals surface area (Å²) in [6.07, 6.45) is 5.97. The molecule has 14 heavy (non-hydrogen) atoms. The van der Waals surface area contributed by atoms with E-state index < -0.39 is 11.4 Å². The molecule has 0 aromatic carbocycles.